The lowest BCUT2D eigenvalue weighted by molar-refractivity contribution is 0.830. The van der Waals surface area contributed by atoms with Crippen LogP contribution in [0.15, 0.2) is 16.9 Å². The average molecular weight is 110 g/mol. The van der Waals surface area contributed by atoms with E-state index in [0.717, 1.165) is 18.7 Å². The van der Waals surface area contributed by atoms with E-state index >= 15 is 0 Å². The fourth-order valence-electron chi connectivity index (χ4n) is 0.619. The molecule has 1 aliphatic rings. The molecule has 0 unspecified atom stereocenters. The monoisotopic (exact) mass is 110 g/mol. The van der Waals surface area contributed by atoms with Gasteiger partial charge in [-0.05, 0) is 13.3 Å². The zero-order chi connectivity index (χ0) is 5.82. The Morgan fingerprint density at radius 2 is 2.62 bits per heavy atom. The van der Waals surface area contributed by atoms with Gasteiger partial charge in [-0.2, -0.15) is 0 Å². The first-order chi connectivity index (χ1) is 3.89. The predicted molar refractivity (Wildman–Crippen MR) is 34.9 cm³/mol. The first-order valence-corrected chi connectivity index (χ1v) is 2.82. The van der Waals surface area contributed by atoms with E-state index in [2.05, 4.69) is 10.3 Å². The van der Waals surface area contributed by atoms with Gasteiger partial charge in [0, 0.05) is 24.7 Å². The lowest BCUT2D eigenvalue weighted by atomic mass is 10.4. The van der Waals surface area contributed by atoms with Crippen LogP contribution in [0.5, 0.6) is 0 Å². The smallest absolute Gasteiger partial charge is 0.0450 e. The maximum absolute atomic E-state index is 4.00. The minimum atomic E-state index is 1.02. The van der Waals surface area contributed by atoms with E-state index < -0.39 is 0 Å². The normalized spacial score (nSPS) is 18.9. The van der Waals surface area contributed by atoms with Crippen LogP contribution < -0.4 is 5.32 Å². The van der Waals surface area contributed by atoms with E-state index in [4.69, 9.17) is 0 Å². The summed E-state index contributed by atoms with van der Waals surface area (Å²) in [6.45, 7) is 3.04. The van der Waals surface area contributed by atoms with Crippen LogP contribution in [0.1, 0.15) is 13.3 Å². The summed E-state index contributed by atoms with van der Waals surface area (Å²) in [6.07, 6.45) is 4.80. The van der Waals surface area contributed by atoms with Crippen LogP contribution in [0, 0.1) is 0 Å². The highest BCUT2D eigenvalue weighted by molar-refractivity contribution is 5.58. The summed E-state index contributed by atoms with van der Waals surface area (Å²) in [5.74, 6) is 0. The van der Waals surface area contributed by atoms with E-state index in [-0.39, 0.29) is 0 Å². The van der Waals surface area contributed by atoms with Gasteiger partial charge in [-0.1, -0.05) is 0 Å². The van der Waals surface area contributed by atoms with Crippen molar-refractivity contribution < 1.29 is 0 Å². The van der Waals surface area contributed by atoms with Crippen LogP contribution in [0.3, 0.4) is 0 Å². The van der Waals surface area contributed by atoms with Crippen LogP contribution >= 0.6 is 0 Å². The summed E-state index contributed by atoms with van der Waals surface area (Å²) < 4.78 is 0. The summed E-state index contributed by atoms with van der Waals surface area (Å²) in [5, 5.41) is 3.18. The summed E-state index contributed by atoms with van der Waals surface area (Å²) >= 11 is 0. The van der Waals surface area contributed by atoms with Gasteiger partial charge in [-0.3, -0.25) is 4.99 Å². The Kier molecular flexibility index (Phi) is 1.67. The second-order valence-corrected chi connectivity index (χ2v) is 1.86. The van der Waals surface area contributed by atoms with E-state index in [9.17, 15) is 0 Å². The van der Waals surface area contributed by atoms with Crippen molar-refractivity contribution in [1.29, 1.82) is 0 Å². The molecular formula is C6H10N2. The molecule has 0 fully saturated rings. The molecule has 0 aromatic carbocycles. The zero-order valence-electron chi connectivity index (χ0n) is 5.02. The van der Waals surface area contributed by atoms with Crippen molar-refractivity contribution in [2.24, 2.45) is 4.99 Å². The number of hydrogen-bond acceptors (Lipinski definition) is 2. The molecule has 44 valence electrons. The highest BCUT2D eigenvalue weighted by atomic mass is 14.9. The summed E-state index contributed by atoms with van der Waals surface area (Å²) in [6, 6.07) is 0. The number of nitrogens with zero attached hydrogens (tertiary/aromatic N) is 1. The van der Waals surface area contributed by atoms with Crippen molar-refractivity contribution in [2.75, 3.05) is 6.54 Å². The van der Waals surface area contributed by atoms with Gasteiger partial charge in [0.15, 0.2) is 0 Å². The molecular weight excluding hydrogens is 100 g/mol. The van der Waals surface area contributed by atoms with Crippen molar-refractivity contribution in [1.82, 2.24) is 5.32 Å². The molecule has 0 bridgehead atoms. The number of nitrogens with one attached hydrogen (secondary N) is 1. The SMILES string of the molecule is CC1=CN=CCCN1. The minimum Gasteiger partial charge on any atom is -0.387 e. The molecule has 0 aliphatic carbocycles. The van der Waals surface area contributed by atoms with Gasteiger partial charge in [0.1, 0.15) is 0 Å². The largest absolute Gasteiger partial charge is 0.387 e. The summed E-state index contributed by atoms with van der Waals surface area (Å²) in [5.41, 5.74) is 1.15. The molecule has 1 N–H and O–H groups in total. The molecule has 0 aromatic heterocycles. The van der Waals surface area contributed by atoms with Gasteiger partial charge < -0.3 is 5.32 Å². The second kappa shape index (κ2) is 2.50. The molecule has 1 aliphatic heterocycles. The van der Waals surface area contributed by atoms with Crippen LogP contribution in [0.2, 0.25) is 0 Å². The molecule has 8 heavy (non-hydrogen) atoms. The van der Waals surface area contributed by atoms with Crippen LogP contribution in [-0.4, -0.2) is 12.8 Å². The van der Waals surface area contributed by atoms with Crippen molar-refractivity contribution in [2.45, 2.75) is 13.3 Å². The molecule has 0 aromatic rings. The Morgan fingerprint density at radius 3 is 3.50 bits per heavy atom. The fraction of sp³-hybridized carbons (Fsp3) is 0.500. The standard InChI is InChI=1S/C6H10N2/c1-6-5-7-3-2-4-8-6/h3,5,8H,2,4H2,1H3. The van der Waals surface area contributed by atoms with Crippen molar-refractivity contribution in [3.05, 3.63) is 11.9 Å². The average Bonchev–Trinajstić information content (AvgIpc) is 1.94. The Hall–Kier alpha value is -0.790. The Morgan fingerprint density at radius 1 is 1.75 bits per heavy atom. The minimum absolute atomic E-state index is 1.02. The maximum atomic E-state index is 4.00. The fourth-order valence-corrected chi connectivity index (χ4v) is 0.619. The molecule has 0 saturated carbocycles. The molecule has 2 heteroatoms. The second-order valence-electron chi connectivity index (χ2n) is 1.86. The molecule has 0 spiro atoms. The third-order valence-corrected chi connectivity index (χ3v) is 1.05. The molecule has 0 radical (unpaired) electrons. The first kappa shape index (κ1) is 5.35. The van der Waals surface area contributed by atoms with E-state index in [1.54, 1.807) is 0 Å². The molecule has 0 saturated heterocycles. The van der Waals surface area contributed by atoms with E-state index in [1.807, 2.05) is 19.3 Å². The maximum Gasteiger partial charge on any atom is 0.0450 e. The Bertz CT molecular complexity index is 124. The molecule has 0 amide bonds. The van der Waals surface area contributed by atoms with Crippen LogP contribution in [0.25, 0.3) is 0 Å². The third kappa shape index (κ3) is 1.37. The lowest BCUT2D eigenvalue weighted by Crippen LogP contribution is -2.10. The van der Waals surface area contributed by atoms with Gasteiger partial charge in [-0.25, -0.2) is 0 Å². The third-order valence-electron chi connectivity index (χ3n) is 1.05. The van der Waals surface area contributed by atoms with Gasteiger partial charge in [0.2, 0.25) is 0 Å². The van der Waals surface area contributed by atoms with Gasteiger partial charge in [-0.15, -0.1) is 0 Å². The van der Waals surface area contributed by atoms with Crippen LogP contribution in [-0.2, 0) is 0 Å². The Balaban J connectivity index is 2.52. The number of hydrogen-bond donors (Lipinski definition) is 1. The topological polar surface area (TPSA) is 24.4 Å². The zero-order valence-corrected chi connectivity index (χ0v) is 5.02. The van der Waals surface area contributed by atoms with Crippen LogP contribution in [0.4, 0.5) is 0 Å². The summed E-state index contributed by atoms with van der Waals surface area (Å²) in [4.78, 5) is 4.00. The summed E-state index contributed by atoms with van der Waals surface area (Å²) in [7, 11) is 0. The van der Waals surface area contributed by atoms with Gasteiger partial charge in [0.25, 0.3) is 0 Å². The van der Waals surface area contributed by atoms with Gasteiger partial charge in [0.05, 0.1) is 0 Å². The number of aliphatic imine (C=N–C) groups is 1. The molecule has 1 heterocycles. The number of rotatable bonds is 0. The molecule has 0 atom stereocenters. The molecule has 1 rings (SSSR count). The first-order valence-electron chi connectivity index (χ1n) is 2.82. The van der Waals surface area contributed by atoms with Crippen molar-refractivity contribution >= 4 is 6.21 Å². The highest BCUT2D eigenvalue weighted by Crippen LogP contribution is 1.90. The quantitative estimate of drug-likeness (QED) is 0.492. The van der Waals surface area contributed by atoms with E-state index in [1.165, 1.54) is 0 Å². The van der Waals surface area contributed by atoms with Crippen molar-refractivity contribution in [3.8, 4) is 0 Å². The van der Waals surface area contributed by atoms with E-state index in [0.29, 0.717) is 0 Å². The highest BCUT2D eigenvalue weighted by Gasteiger charge is 1.88. The number of allylic oxidation sites excluding steroid dienone is 1. The van der Waals surface area contributed by atoms with Gasteiger partial charge >= 0.3 is 0 Å². The Labute approximate surface area is 49.3 Å². The lowest BCUT2D eigenvalue weighted by Gasteiger charge is -1.97. The van der Waals surface area contributed by atoms with Crippen molar-refractivity contribution in [3.63, 3.8) is 0 Å². The molecule has 2 nitrogen and oxygen atoms in total. The predicted octanol–water partition coefficient (Wildman–Crippen LogP) is 0.912.